The number of anilines is 3. The molecule has 2 heterocycles. The van der Waals surface area contributed by atoms with Gasteiger partial charge in [-0.3, -0.25) is 0 Å². The zero-order chi connectivity index (χ0) is 28.3. The van der Waals surface area contributed by atoms with Crippen LogP contribution in [0, 0.1) is 0 Å². The predicted molar refractivity (Wildman–Crippen MR) is 186 cm³/mol. The maximum absolute atomic E-state index is 2.48. The van der Waals surface area contributed by atoms with Crippen LogP contribution < -0.4 is 4.90 Å². The molecule has 3 heteroatoms. The normalized spacial score (nSPS) is 11.7. The van der Waals surface area contributed by atoms with Crippen LogP contribution in [0.2, 0.25) is 0 Å². The molecule has 43 heavy (non-hydrogen) atoms. The third-order valence-electron chi connectivity index (χ3n) is 8.61. The summed E-state index contributed by atoms with van der Waals surface area (Å²) in [4.78, 5) is 2.31. The molecule has 0 unspecified atom stereocenters. The Balaban J connectivity index is 1.36. The first-order valence-corrected chi connectivity index (χ1v) is 15.5. The van der Waals surface area contributed by atoms with Crippen molar-refractivity contribution in [1.29, 1.82) is 0 Å². The second kappa shape index (κ2) is 9.59. The van der Waals surface area contributed by atoms with Gasteiger partial charge in [-0.2, -0.15) is 0 Å². The minimum atomic E-state index is 1.12. The molecule has 0 saturated heterocycles. The average molecular weight is 567 g/mol. The van der Waals surface area contributed by atoms with Crippen LogP contribution in [-0.2, 0) is 0 Å². The molecule has 0 spiro atoms. The first-order valence-electron chi connectivity index (χ1n) is 14.6. The summed E-state index contributed by atoms with van der Waals surface area (Å²) in [5.41, 5.74) is 7.05. The second-order valence-electron chi connectivity index (χ2n) is 11.0. The number of para-hydroxylation sites is 2. The van der Waals surface area contributed by atoms with Crippen molar-refractivity contribution >= 4 is 81.8 Å². The molecule has 0 bridgehead atoms. The topological polar surface area (TPSA) is 8.17 Å². The Morgan fingerprint density at radius 3 is 1.67 bits per heavy atom. The van der Waals surface area contributed by atoms with E-state index >= 15 is 0 Å². The minimum absolute atomic E-state index is 1.12. The third-order valence-corrected chi connectivity index (χ3v) is 9.56. The molecule has 0 saturated carbocycles. The highest BCUT2D eigenvalue weighted by Gasteiger charge is 2.21. The molecule has 7 aromatic carbocycles. The van der Waals surface area contributed by atoms with Crippen molar-refractivity contribution in [2.75, 3.05) is 4.90 Å². The van der Waals surface area contributed by atoms with Gasteiger partial charge < -0.3 is 9.47 Å². The molecule has 2 aromatic heterocycles. The molecular weight excluding hydrogens is 541 g/mol. The monoisotopic (exact) mass is 566 g/mol. The summed E-state index contributed by atoms with van der Waals surface area (Å²) in [6.45, 7) is 0. The molecule has 0 aliphatic rings. The van der Waals surface area contributed by atoms with E-state index in [-0.39, 0.29) is 0 Å². The Labute approximate surface area is 253 Å². The van der Waals surface area contributed by atoms with E-state index in [2.05, 4.69) is 167 Å². The Morgan fingerprint density at radius 1 is 0.442 bits per heavy atom. The fourth-order valence-electron chi connectivity index (χ4n) is 6.80. The van der Waals surface area contributed by atoms with Crippen LogP contribution in [0.5, 0.6) is 0 Å². The molecular formula is C40H26N2S. The molecule has 0 aliphatic heterocycles. The average Bonchev–Trinajstić information content (AvgIpc) is 3.70. The van der Waals surface area contributed by atoms with Crippen molar-refractivity contribution in [3.63, 3.8) is 0 Å². The fraction of sp³-hybridized carbons (Fsp3) is 0. The van der Waals surface area contributed by atoms with E-state index in [0.717, 1.165) is 22.7 Å². The quantitative estimate of drug-likeness (QED) is 0.192. The molecule has 0 atom stereocenters. The van der Waals surface area contributed by atoms with Crippen molar-refractivity contribution in [2.24, 2.45) is 0 Å². The van der Waals surface area contributed by atoms with Gasteiger partial charge in [-0.05, 0) is 87.6 Å². The number of nitrogens with zero attached hydrogens (tertiary/aromatic N) is 2. The largest absolute Gasteiger partial charge is 0.311 e. The molecule has 0 amide bonds. The highest BCUT2D eigenvalue weighted by Crippen LogP contribution is 2.46. The van der Waals surface area contributed by atoms with Crippen LogP contribution in [0.25, 0.3) is 59.1 Å². The van der Waals surface area contributed by atoms with Crippen molar-refractivity contribution in [3.05, 3.63) is 157 Å². The standard InChI is InChI=1S/C40H26N2S/c1-3-11-28(12-4-1)41(29-13-5-2-6-14-29)30-20-22-31(23-21-30)42-36-24-19-27-25-26-43-40(27)38(36)37-34-17-9-7-15-32(34)33-16-8-10-18-35(33)39(37)42/h1-26H. The summed E-state index contributed by atoms with van der Waals surface area (Å²) < 4.78 is 3.83. The first kappa shape index (κ1) is 24.2. The maximum atomic E-state index is 2.48. The summed E-state index contributed by atoms with van der Waals surface area (Å²) in [5.74, 6) is 0. The summed E-state index contributed by atoms with van der Waals surface area (Å²) in [7, 11) is 0. The number of thiophene rings is 1. The number of benzene rings is 7. The van der Waals surface area contributed by atoms with E-state index < -0.39 is 0 Å². The van der Waals surface area contributed by atoms with Crippen LogP contribution >= 0.6 is 11.3 Å². The van der Waals surface area contributed by atoms with E-state index in [1.807, 2.05) is 11.3 Å². The van der Waals surface area contributed by atoms with Gasteiger partial charge in [-0.15, -0.1) is 11.3 Å². The van der Waals surface area contributed by atoms with Crippen LogP contribution in [0.1, 0.15) is 0 Å². The molecule has 0 N–H and O–H groups in total. The lowest BCUT2D eigenvalue weighted by molar-refractivity contribution is 1.18. The lowest BCUT2D eigenvalue weighted by Gasteiger charge is -2.25. The van der Waals surface area contributed by atoms with E-state index in [0.29, 0.717) is 0 Å². The van der Waals surface area contributed by atoms with Gasteiger partial charge >= 0.3 is 0 Å². The molecule has 202 valence electrons. The molecule has 2 nitrogen and oxygen atoms in total. The number of hydrogen-bond acceptors (Lipinski definition) is 2. The molecule has 0 fully saturated rings. The van der Waals surface area contributed by atoms with Crippen LogP contribution in [0.3, 0.4) is 0 Å². The Hall–Kier alpha value is -5.38. The van der Waals surface area contributed by atoms with Crippen LogP contribution in [-0.4, -0.2) is 4.57 Å². The lowest BCUT2D eigenvalue weighted by Crippen LogP contribution is -2.09. The van der Waals surface area contributed by atoms with Crippen LogP contribution in [0.4, 0.5) is 17.1 Å². The smallest absolute Gasteiger partial charge is 0.0626 e. The molecule has 9 aromatic rings. The van der Waals surface area contributed by atoms with E-state index in [1.165, 1.54) is 53.4 Å². The van der Waals surface area contributed by atoms with Gasteiger partial charge in [-0.25, -0.2) is 0 Å². The van der Waals surface area contributed by atoms with E-state index in [4.69, 9.17) is 0 Å². The first-order chi connectivity index (χ1) is 21.4. The summed E-state index contributed by atoms with van der Waals surface area (Å²) in [5, 5.41) is 11.3. The van der Waals surface area contributed by atoms with Gasteiger partial charge in [0.05, 0.1) is 11.0 Å². The summed E-state index contributed by atoms with van der Waals surface area (Å²) in [6, 6.07) is 54.8. The summed E-state index contributed by atoms with van der Waals surface area (Å²) in [6.07, 6.45) is 0. The molecule has 9 rings (SSSR count). The fourth-order valence-corrected chi connectivity index (χ4v) is 7.75. The molecule has 0 radical (unpaired) electrons. The second-order valence-corrected chi connectivity index (χ2v) is 11.9. The lowest BCUT2D eigenvalue weighted by atomic mass is 9.96. The van der Waals surface area contributed by atoms with Gasteiger partial charge in [0.2, 0.25) is 0 Å². The zero-order valence-corrected chi connectivity index (χ0v) is 24.1. The zero-order valence-electron chi connectivity index (χ0n) is 23.3. The van der Waals surface area contributed by atoms with Gasteiger partial charge in [0.15, 0.2) is 0 Å². The SMILES string of the molecule is c1ccc(N(c2ccccc2)c2ccc(-n3c4ccc5ccsc5c4c4c5ccccc5c5ccccc5c43)cc2)cc1. The summed E-state index contributed by atoms with van der Waals surface area (Å²) >= 11 is 1.84. The number of aromatic nitrogens is 1. The van der Waals surface area contributed by atoms with Crippen molar-refractivity contribution < 1.29 is 0 Å². The van der Waals surface area contributed by atoms with Gasteiger partial charge in [0, 0.05) is 43.6 Å². The van der Waals surface area contributed by atoms with E-state index in [1.54, 1.807) is 0 Å². The van der Waals surface area contributed by atoms with Gasteiger partial charge in [0.25, 0.3) is 0 Å². The van der Waals surface area contributed by atoms with Crippen molar-refractivity contribution in [2.45, 2.75) is 0 Å². The highest BCUT2D eigenvalue weighted by atomic mass is 32.1. The Bertz CT molecular complexity index is 2400. The number of fused-ring (bicyclic) bond motifs is 10. The minimum Gasteiger partial charge on any atom is -0.311 e. The Kier molecular flexibility index (Phi) is 5.40. The van der Waals surface area contributed by atoms with Gasteiger partial charge in [-0.1, -0.05) is 91.0 Å². The van der Waals surface area contributed by atoms with E-state index in [9.17, 15) is 0 Å². The molecule has 0 aliphatic carbocycles. The number of rotatable bonds is 4. The highest BCUT2D eigenvalue weighted by molar-refractivity contribution is 7.18. The number of hydrogen-bond donors (Lipinski definition) is 0. The van der Waals surface area contributed by atoms with Gasteiger partial charge in [0.1, 0.15) is 0 Å². The maximum Gasteiger partial charge on any atom is 0.0626 e. The van der Waals surface area contributed by atoms with Crippen LogP contribution in [0.15, 0.2) is 157 Å². The van der Waals surface area contributed by atoms with Crippen molar-refractivity contribution in [3.8, 4) is 5.69 Å². The van der Waals surface area contributed by atoms with Crippen molar-refractivity contribution in [1.82, 2.24) is 4.57 Å². The third kappa shape index (κ3) is 3.65. The Morgan fingerprint density at radius 2 is 1.00 bits per heavy atom. The predicted octanol–water partition coefficient (Wildman–Crippen LogP) is 11.8.